The normalized spacial score (nSPS) is 31.6. The van der Waals surface area contributed by atoms with Gasteiger partial charge in [-0.1, -0.05) is 26.0 Å². The molecule has 2 bridgehead atoms. The van der Waals surface area contributed by atoms with Crippen molar-refractivity contribution in [3.63, 3.8) is 0 Å². The molecule has 0 aromatic heterocycles. The van der Waals surface area contributed by atoms with Crippen LogP contribution in [-0.2, 0) is 16.6 Å². The van der Waals surface area contributed by atoms with E-state index in [1.165, 1.54) is 36.9 Å². The molecule has 4 rings (SSSR count). The molecule has 1 saturated carbocycles. The largest absolute Gasteiger partial charge is 0.486 e. The van der Waals surface area contributed by atoms with Crippen LogP contribution in [0.2, 0.25) is 0 Å². The first-order chi connectivity index (χ1) is 12.1. The standard InChI is InChI=1S/C21H27N3O/c1-14-18-11-16-7-8-17(22-3)20(23-13-25-4)19(16)21(14,2)9-10-24(18)12-15-5-6-15/h7-8,13-15,18H,5-6,9-12H2,1-2,4H3/t14-,18?,21-/m0/s1. The zero-order valence-electron chi connectivity index (χ0n) is 15.5. The molecular formula is C21H27N3O. The van der Waals surface area contributed by atoms with Gasteiger partial charge in [-0.05, 0) is 60.6 Å². The number of fused-ring (bicyclic) bond motifs is 4. The highest BCUT2D eigenvalue weighted by Crippen LogP contribution is 2.54. The molecule has 1 heterocycles. The van der Waals surface area contributed by atoms with Crippen LogP contribution in [0.25, 0.3) is 4.85 Å². The highest BCUT2D eigenvalue weighted by Gasteiger charge is 2.50. The Morgan fingerprint density at radius 3 is 2.92 bits per heavy atom. The Morgan fingerprint density at radius 1 is 1.44 bits per heavy atom. The molecule has 3 atom stereocenters. The molecule has 4 nitrogen and oxygen atoms in total. The number of aliphatic imine (C=N–C) groups is 1. The van der Waals surface area contributed by atoms with Crippen LogP contribution in [0.3, 0.4) is 0 Å². The molecule has 1 saturated heterocycles. The van der Waals surface area contributed by atoms with Gasteiger partial charge in [0, 0.05) is 12.6 Å². The summed E-state index contributed by atoms with van der Waals surface area (Å²) in [7, 11) is 1.60. The minimum atomic E-state index is 0.0828. The number of ether oxygens (including phenoxy) is 1. The van der Waals surface area contributed by atoms with Gasteiger partial charge in [0.2, 0.25) is 5.69 Å². The van der Waals surface area contributed by atoms with Gasteiger partial charge in [0.05, 0.1) is 19.4 Å². The lowest BCUT2D eigenvalue weighted by molar-refractivity contribution is 0.0288. The van der Waals surface area contributed by atoms with E-state index in [4.69, 9.17) is 11.3 Å². The smallest absolute Gasteiger partial charge is 0.212 e. The highest BCUT2D eigenvalue weighted by molar-refractivity contribution is 5.77. The van der Waals surface area contributed by atoms with Crippen molar-refractivity contribution < 1.29 is 4.74 Å². The van der Waals surface area contributed by atoms with Gasteiger partial charge >= 0.3 is 0 Å². The van der Waals surface area contributed by atoms with E-state index in [-0.39, 0.29) is 5.41 Å². The maximum atomic E-state index is 7.55. The zero-order chi connectivity index (χ0) is 17.6. The molecule has 1 aromatic carbocycles. The lowest BCUT2D eigenvalue weighted by Crippen LogP contribution is -2.58. The summed E-state index contributed by atoms with van der Waals surface area (Å²) in [5, 5.41) is 0. The van der Waals surface area contributed by atoms with Crippen LogP contribution in [-0.4, -0.2) is 37.5 Å². The van der Waals surface area contributed by atoms with Crippen LogP contribution in [0.5, 0.6) is 0 Å². The number of hydrogen-bond donors (Lipinski definition) is 0. The van der Waals surface area contributed by atoms with Gasteiger partial charge in [-0.3, -0.25) is 4.90 Å². The summed E-state index contributed by atoms with van der Waals surface area (Å²) in [5.41, 5.74) is 4.22. The van der Waals surface area contributed by atoms with Crippen molar-refractivity contribution in [1.82, 2.24) is 4.90 Å². The summed E-state index contributed by atoms with van der Waals surface area (Å²) < 4.78 is 5.06. The van der Waals surface area contributed by atoms with Crippen molar-refractivity contribution in [2.24, 2.45) is 16.8 Å². The van der Waals surface area contributed by atoms with E-state index in [0.717, 1.165) is 31.0 Å². The fourth-order valence-electron chi connectivity index (χ4n) is 5.01. The number of nitrogens with zero attached hydrogens (tertiary/aromatic N) is 3. The molecule has 3 aliphatic rings. The van der Waals surface area contributed by atoms with Crippen LogP contribution in [0.15, 0.2) is 17.1 Å². The van der Waals surface area contributed by atoms with E-state index < -0.39 is 0 Å². The Hall–Kier alpha value is -1.86. The third-order valence-corrected chi connectivity index (χ3v) is 6.81. The summed E-state index contributed by atoms with van der Waals surface area (Å²) >= 11 is 0. The number of hydrogen-bond acceptors (Lipinski definition) is 3. The molecule has 0 spiro atoms. The third-order valence-electron chi connectivity index (χ3n) is 6.81. The molecule has 25 heavy (non-hydrogen) atoms. The zero-order valence-corrected chi connectivity index (χ0v) is 15.5. The first kappa shape index (κ1) is 16.6. The molecule has 1 aliphatic heterocycles. The van der Waals surface area contributed by atoms with Gasteiger partial charge in [-0.2, -0.15) is 0 Å². The van der Waals surface area contributed by atoms with E-state index >= 15 is 0 Å². The maximum Gasteiger partial charge on any atom is 0.212 e. The average Bonchev–Trinajstić information content (AvgIpc) is 3.42. The lowest BCUT2D eigenvalue weighted by atomic mass is 9.58. The molecule has 4 heteroatoms. The van der Waals surface area contributed by atoms with Gasteiger partial charge in [-0.15, -0.1) is 0 Å². The van der Waals surface area contributed by atoms with Gasteiger partial charge < -0.3 is 4.74 Å². The molecule has 1 unspecified atom stereocenters. The Balaban J connectivity index is 1.79. The second kappa shape index (κ2) is 6.14. The predicted molar refractivity (Wildman–Crippen MR) is 101 cm³/mol. The first-order valence-corrected chi connectivity index (χ1v) is 9.41. The maximum absolute atomic E-state index is 7.55. The highest BCUT2D eigenvalue weighted by atomic mass is 16.5. The van der Waals surface area contributed by atoms with Gasteiger partial charge in [0.25, 0.3) is 0 Å². The number of piperidine rings is 1. The van der Waals surface area contributed by atoms with E-state index in [9.17, 15) is 0 Å². The molecular weight excluding hydrogens is 310 g/mol. The second-order valence-corrected chi connectivity index (χ2v) is 8.22. The van der Waals surface area contributed by atoms with Crippen LogP contribution in [0.4, 0.5) is 11.4 Å². The predicted octanol–water partition coefficient (Wildman–Crippen LogP) is 4.48. The molecule has 0 amide bonds. The third kappa shape index (κ3) is 2.66. The SMILES string of the molecule is [C-]#[N+]c1ccc2c(c1N=COC)[C@@]1(C)CCN(CC3CC3)C(C2)[C@@H]1C. The van der Waals surface area contributed by atoms with Gasteiger partial charge in [-0.25, -0.2) is 9.84 Å². The van der Waals surface area contributed by atoms with Crippen LogP contribution in [0.1, 0.15) is 44.2 Å². The van der Waals surface area contributed by atoms with Crippen molar-refractivity contribution in [2.75, 3.05) is 20.2 Å². The van der Waals surface area contributed by atoms with Crippen LogP contribution in [0, 0.1) is 18.4 Å². The Labute approximate surface area is 150 Å². The Bertz CT molecular complexity index is 746. The van der Waals surface area contributed by atoms with Crippen molar-refractivity contribution in [2.45, 2.75) is 51.0 Å². The molecule has 2 aliphatic carbocycles. The molecule has 1 aromatic rings. The molecule has 132 valence electrons. The first-order valence-electron chi connectivity index (χ1n) is 9.41. The van der Waals surface area contributed by atoms with Crippen LogP contribution >= 0.6 is 0 Å². The lowest BCUT2D eigenvalue weighted by Gasteiger charge is -2.55. The number of likely N-dealkylation sites (tertiary alicyclic amines) is 1. The topological polar surface area (TPSA) is 29.2 Å². The second-order valence-electron chi connectivity index (χ2n) is 8.22. The summed E-state index contributed by atoms with van der Waals surface area (Å²) in [6, 6.07) is 4.73. The van der Waals surface area contributed by atoms with E-state index in [2.05, 4.69) is 34.7 Å². The van der Waals surface area contributed by atoms with Crippen molar-refractivity contribution in [3.8, 4) is 0 Å². The summed E-state index contributed by atoms with van der Waals surface area (Å²) in [4.78, 5) is 11.0. The minimum absolute atomic E-state index is 0.0828. The Kier molecular flexibility index (Phi) is 4.08. The fraction of sp³-hybridized carbons (Fsp3) is 0.619. The fourth-order valence-corrected chi connectivity index (χ4v) is 5.01. The van der Waals surface area contributed by atoms with Crippen molar-refractivity contribution >= 4 is 17.8 Å². The number of benzene rings is 1. The quantitative estimate of drug-likeness (QED) is 0.460. The number of methoxy groups -OCH3 is 1. The van der Waals surface area contributed by atoms with Crippen LogP contribution < -0.4 is 0 Å². The molecule has 0 N–H and O–H groups in total. The monoisotopic (exact) mass is 337 g/mol. The van der Waals surface area contributed by atoms with E-state index in [0.29, 0.717) is 17.6 Å². The number of rotatable bonds is 4. The molecule has 0 radical (unpaired) electrons. The van der Waals surface area contributed by atoms with E-state index in [1.54, 1.807) is 7.11 Å². The minimum Gasteiger partial charge on any atom is -0.486 e. The average molecular weight is 337 g/mol. The summed E-state index contributed by atoms with van der Waals surface area (Å²) in [5.74, 6) is 1.51. The van der Waals surface area contributed by atoms with Gasteiger partial charge in [0.15, 0.2) is 6.40 Å². The molecule has 2 fully saturated rings. The van der Waals surface area contributed by atoms with Gasteiger partial charge in [0.1, 0.15) is 0 Å². The summed E-state index contributed by atoms with van der Waals surface area (Å²) in [6.07, 6.45) is 6.51. The summed E-state index contributed by atoms with van der Waals surface area (Å²) in [6.45, 7) is 14.8. The Morgan fingerprint density at radius 2 is 2.24 bits per heavy atom. The van der Waals surface area contributed by atoms with Crippen molar-refractivity contribution in [1.29, 1.82) is 0 Å². The van der Waals surface area contributed by atoms with E-state index in [1.807, 2.05) is 6.07 Å². The van der Waals surface area contributed by atoms with Crippen molar-refractivity contribution in [3.05, 3.63) is 34.7 Å².